The third kappa shape index (κ3) is 3.91. The number of para-hydroxylation sites is 1. The van der Waals surface area contributed by atoms with Gasteiger partial charge in [-0.3, -0.25) is 4.79 Å². The van der Waals surface area contributed by atoms with Crippen molar-refractivity contribution in [3.05, 3.63) is 82.9 Å². The predicted octanol–water partition coefficient (Wildman–Crippen LogP) is 6.85. The monoisotopic (exact) mass is 375 g/mol. The molecule has 0 heterocycles. The van der Waals surface area contributed by atoms with Crippen molar-refractivity contribution in [2.24, 2.45) is 0 Å². The molecule has 1 N–H and O–H groups in total. The molecule has 0 aromatic heterocycles. The van der Waals surface area contributed by atoms with Crippen molar-refractivity contribution >= 4 is 39.5 Å². The Kier molecular flexibility index (Phi) is 5.26. The van der Waals surface area contributed by atoms with E-state index in [4.69, 9.17) is 11.6 Å². The Morgan fingerprint density at radius 2 is 1.70 bits per heavy atom. The second-order valence-corrected chi connectivity index (χ2v) is 7.40. The van der Waals surface area contributed by atoms with Gasteiger partial charge in [-0.05, 0) is 59.7 Å². The van der Waals surface area contributed by atoms with E-state index in [1.807, 2.05) is 18.2 Å². The number of amides is 1. The summed E-state index contributed by atoms with van der Waals surface area (Å²) in [5.74, 6) is 0.0137. The summed E-state index contributed by atoms with van der Waals surface area (Å²) in [4.78, 5) is 12.4. The van der Waals surface area contributed by atoms with Gasteiger partial charge in [0, 0.05) is 6.42 Å². The van der Waals surface area contributed by atoms with Crippen molar-refractivity contribution in [2.45, 2.75) is 32.1 Å². The average molecular weight is 376 g/mol. The van der Waals surface area contributed by atoms with Crippen molar-refractivity contribution in [1.82, 2.24) is 0 Å². The standard InChI is InChI=1S/C24H22ClNO/c25-22-13-3-4-14-23(22)26-24(27)16-15-18-9-5-11-20(18)21-12-6-8-17-7-1-2-10-19(17)21/h1-4,6-8,10,12-14H,5,9,11,15-16H2,(H,26,27). The lowest BCUT2D eigenvalue weighted by molar-refractivity contribution is -0.116. The van der Waals surface area contributed by atoms with Crippen molar-refractivity contribution in [3.63, 3.8) is 0 Å². The number of nitrogens with one attached hydrogen (secondary N) is 1. The van der Waals surface area contributed by atoms with E-state index in [0.717, 1.165) is 19.3 Å². The van der Waals surface area contributed by atoms with Crippen LogP contribution in [0.25, 0.3) is 16.3 Å². The van der Waals surface area contributed by atoms with Gasteiger partial charge in [0.05, 0.1) is 10.7 Å². The van der Waals surface area contributed by atoms with Gasteiger partial charge in [-0.25, -0.2) is 0 Å². The fourth-order valence-electron chi connectivity index (χ4n) is 3.94. The first-order chi connectivity index (χ1) is 13.2. The van der Waals surface area contributed by atoms with Crippen LogP contribution in [0.5, 0.6) is 0 Å². The first-order valence-electron chi connectivity index (χ1n) is 9.46. The predicted molar refractivity (Wildman–Crippen MR) is 114 cm³/mol. The van der Waals surface area contributed by atoms with Crippen LogP contribution in [0.2, 0.25) is 5.02 Å². The molecule has 3 heteroatoms. The Morgan fingerprint density at radius 3 is 2.59 bits per heavy atom. The van der Waals surface area contributed by atoms with Gasteiger partial charge < -0.3 is 5.32 Å². The highest BCUT2D eigenvalue weighted by molar-refractivity contribution is 6.33. The first-order valence-corrected chi connectivity index (χ1v) is 9.83. The number of rotatable bonds is 5. The SMILES string of the molecule is O=C(CCC1=C(c2cccc3ccccc23)CCC1)Nc1ccccc1Cl. The molecule has 0 atom stereocenters. The van der Waals surface area contributed by atoms with Crippen LogP contribution in [0.3, 0.4) is 0 Å². The molecule has 1 aliphatic rings. The molecule has 0 radical (unpaired) electrons. The van der Waals surface area contributed by atoms with Crippen molar-refractivity contribution in [2.75, 3.05) is 5.32 Å². The number of allylic oxidation sites excluding steroid dienone is 2. The fourth-order valence-corrected chi connectivity index (χ4v) is 4.12. The van der Waals surface area contributed by atoms with Gasteiger partial charge in [-0.15, -0.1) is 0 Å². The van der Waals surface area contributed by atoms with E-state index < -0.39 is 0 Å². The number of hydrogen-bond acceptors (Lipinski definition) is 1. The van der Waals surface area contributed by atoms with E-state index in [1.165, 1.54) is 33.9 Å². The molecular formula is C24H22ClNO. The number of hydrogen-bond donors (Lipinski definition) is 1. The Balaban J connectivity index is 1.52. The summed E-state index contributed by atoms with van der Waals surface area (Å²) in [5, 5.41) is 6.07. The highest BCUT2D eigenvalue weighted by Crippen LogP contribution is 2.39. The number of carbonyl (C=O) groups excluding carboxylic acids is 1. The molecule has 27 heavy (non-hydrogen) atoms. The van der Waals surface area contributed by atoms with Crippen LogP contribution in [0.1, 0.15) is 37.7 Å². The van der Waals surface area contributed by atoms with E-state index in [2.05, 4.69) is 47.8 Å². The largest absolute Gasteiger partial charge is 0.325 e. The maximum Gasteiger partial charge on any atom is 0.224 e. The molecule has 136 valence electrons. The molecule has 0 fully saturated rings. The zero-order valence-electron chi connectivity index (χ0n) is 15.2. The minimum Gasteiger partial charge on any atom is -0.325 e. The zero-order chi connectivity index (χ0) is 18.6. The maximum atomic E-state index is 12.4. The molecule has 0 unspecified atom stereocenters. The Hall–Kier alpha value is -2.58. The molecule has 3 aromatic carbocycles. The van der Waals surface area contributed by atoms with Crippen LogP contribution in [0.4, 0.5) is 5.69 Å². The number of halogens is 1. The summed E-state index contributed by atoms with van der Waals surface area (Å²) in [5.41, 5.74) is 4.85. The summed E-state index contributed by atoms with van der Waals surface area (Å²) in [7, 11) is 0. The molecule has 1 aliphatic carbocycles. The van der Waals surface area contributed by atoms with Gasteiger partial charge in [0.2, 0.25) is 5.91 Å². The molecule has 0 saturated heterocycles. The summed E-state index contributed by atoms with van der Waals surface area (Å²) in [6.45, 7) is 0. The molecule has 4 rings (SSSR count). The number of benzene rings is 3. The molecular weight excluding hydrogens is 354 g/mol. The molecule has 0 spiro atoms. The highest BCUT2D eigenvalue weighted by Gasteiger charge is 2.18. The normalized spacial score (nSPS) is 14.0. The lowest BCUT2D eigenvalue weighted by Crippen LogP contribution is -2.11. The number of anilines is 1. The van der Waals surface area contributed by atoms with Gasteiger partial charge in [0.1, 0.15) is 0 Å². The van der Waals surface area contributed by atoms with E-state index in [1.54, 1.807) is 6.07 Å². The quantitative estimate of drug-likeness (QED) is 0.519. The van der Waals surface area contributed by atoms with Gasteiger partial charge in [-0.2, -0.15) is 0 Å². The van der Waals surface area contributed by atoms with Crippen LogP contribution in [-0.2, 0) is 4.79 Å². The van der Waals surface area contributed by atoms with E-state index in [9.17, 15) is 4.79 Å². The molecule has 3 aromatic rings. The topological polar surface area (TPSA) is 29.1 Å². The van der Waals surface area contributed by atoms with Crippen LogP contribution in [0, 0.1) is 0 Å². The third-order valence-electron chi connectivity index (χ3n) is 5.25. The summed E-state index contributed by atoms with van der Waals surface area (Å²) in [6, 6.07) is 22.4. The smallest absolute Gasteiger partial charge is 0.224 e. The minimum atomic E-state index is 0.0137. The Bertz CT molecular complexity index is 1020. The number of fused-ring (bicyclic) bond motifs is 1. The minimum absolute atomic E-state index is 0.0137. The van der Waals surface area contributed by atoms with E-state index in [0.29, 0.717) is 17.1 Å². The Morgan fingerprint density at radius 1 is 0.926 bits per heavy atom. The summed E-state index contributed by atoms with van der Waals surface area (Å²) >= 11 is 6.13. The van der Waals surface area contributed by atoms with E-state index in [-0.39, 0.29) is 5.91 Å². The zero-order valence-corrected chi connectivity index (χ0v) is 15.9. The van der Waals surface area contributed by atoms with Crippen LogP contribution >= 0.6 is 11.6 Å². The lowest BCUT2D eigenvalue weighted by atomic mass is 9.94. The molecule has 0 bridgehead atoms. The molecule has 0 aliphatic heterocycles. The fraction of sp³-hybridized carbons (Fsp3) is 0.208. The lowest BCUT2D eigenvalue weighted by Gasteiger charge is -2.12. The van der Waals surface area contributed by atoms with Gasteiger partial charge in [0.15, 0.2) is 0 Å². The van der Waals surface area contributed by atoms with Crippen LogP contribution in [-0.4, -0.2) is 5.91 Å². The van der Waals surface area contributed by atoms with Crippen molar-refractivity contribution < 1.29 is 4.79 Å². The third-order valence-corrected chi connectivity index (χ3v) is 5.58. The van der Waals surface area contributed by atoms with Gasteiger partial charge in [0.25, 0.3) is 0 Å². The van der Waals surface area contributed by atoms with Crippen LogP contribution < -0.4 is 5.32 Å². The molecule has 0 saturated carbocycles. The molecule has 2 nitrogen and oxygen atoms in total. The summed E-state index contributed by atoms with van der Waals surface area (Å²) in [6.07, 6.45) is 4.62. The second-order valence-electron chi connectivity index (χ2n) is 6.99. The van der Waals surface area contributed by atoms with E-state index >= 15 is 0 Å². The number of carbonyl (C=O) groups is 1. The second kappa shape index (κ2) is 7.98. The van der Waals surface area contributed by atoms with Crippen molar-refractivity contribution in [1.29, 1.82) is 0 Å². The van der Waals surface area contributed by atoms with Gasteiger partial charge >= 0.3 is 0 Å². The van der Waals surface area contributed by atoms with Crippen molar-refractivity contribution in [3.8, 4) is 0 Å². The molecule has 1 amide bonds. The average Bonchev–Trinajstić information content (AvgIpc) is 3.16. The first kappa shape index (κ1) is 17.8. The summed E-state index contributed by atoms with van der Waals surface area (Å²) < 4.78 is 0. The Labute approximate surface area is 164 Å². The van der Waals surface area contributed by atoms with Crippen LogP contribution in [0.15, 0.2) is 72.3 Å². The van der Waals surface area contributed by atoms with Gasteiger partial charge in [-0.1, -0.05) is 71.8 Å². The maximum absolute atomic E-state index is 12.4. The highest BCUT2D eigenvalue weighted by atomic mass is 35.5.